The lowest BCUT2D eigenvalue weighted by molar-refractivity contribution is -0.124. The van der Waals surface area contributed by atoms with Crippen molar-refractivity contribution in [2.24, 2.45) is 0 Å². The lowest BCUT2D eigenvalue weighted by Crippen LogP contribution is -2.39. The van der Waals surface area contributed by atoms with Crippen molar-refractivity contribution in [3.63, 3.8) is 0 Å². The van der Waals surface area contributed by atoms with Crippen molar-refractivity contribution in [3.05, 3.63) is 47.1 Å². The highest BCUT2D eigenvalue weighted by molar-refractivity contribution is 8.26. The van der Waals surface area contributed by atoms with E-state index >= 15 is 0 Å². The van der Waals surface area contributed by atoms with Crippen LogP contribution in [0.5, 0.6) is 5.75 Å². The van der Waals surface area contributed by atoms with Crippen LogP contribution < -0.4 is 4.74 Å². The van der Waals surface area contributed by atoms with Crippen LogP contribution in [0.2, 0.25) is 0 Å². The molecule has 1 aliphatic carbocycles. The number of hydrogen-bond donors (Lipinski definition) is 0. The van der Waals surface area contributed by atoms with Crippen LogP contribution in [-0.2, 0) is 4.79 Å². The van der Waals surface area contributed by atoms with Gasteiger partial charge in [0.1, 0.15) is 21.6 Å². The lowest BCUT2D eigenvalue weighted by Gasteiger charge is -2.29. The van der Waals surface area contributed by atoms with Crippen molar-refractivity contribution >= 4 is 40.3 Å². The van der Waals surface area contributed by atoms with Crippen molar-refractivity contribution in [2.75, 3.05) is 7.11 Å². The SMILES string of the molecule is COc1ccc(-c2ccc(/C=C3\SC(=S)N(C4CCCCC4)C3=O)o2)cc1. The Hall–Kier alpha value is -2.05. The van der Waals surface area contributed by atoms with Crippen LogP contribution in [0.4, 0.5) is 0 Å². The molecule has 2 aromatic rings. The molecule has 0 unspecified atom stereocenters. The predicted octanol–water partition coefficient (Wildman–Crippen LogP) is 5.49. The Bertz CT molecular complexity index is 879. The van der Waals surface area contributed by atoms with Crippen LogP contribution >= 0.6 is 24.0 Å². The highest BCUT2D eigenvalue weighted by atomic mass is 32.2. The van der Waals surface area contributed by atoms with Gasteiger partial charge in [-0.15, -0.1) is 0 Å². The molecule has 4 nitrogen and oxygen atoms in total. The highest BCUT2D eigenvalue weighted by Crippen LogP contribution is 2.37. The Kier molecular flexibility index (Phi) is 5.36. The van der Waals surface area contributed by atoms with Gasteiger partial charge in [0.05, 0.1) is 12.0 Å². The van der Waals surface area contributed by atoms with Crippen LogP contribution in [0, 0.1) is 0 Å². The number of nitrogens with zero attached hydrogens (tertiary/aromatic N) is 1. The minimum atomic E-state index is 0.0132. The summed E-state index contributed by atoms with van der Waals surface area (Å²) in [4.78, 5) is 15.3. The van der Waals surface area contributed by atoms with Crippen LogP contribution in [0.25, 0.3) is 17.4 Å². The van der Waals surface area contributed by atoms with Gasteiger partial charge >= 0.3 is 0 Å². The minimum Gasteiger partial charge on any atom is -0.497 e. The number of furan rings is 1. The monoisotopic (exact) mass is 399 g/mol. The summed E-state index contributed by atoms with van der Waals surface area (Å²) in [5.74, 6) is 2.23. The average Bonchev–Trinajstić information content (AvgIpc) is 3.27. The van der Waals surface area contributed by atoms with Gasteiger partial charge in [0.2, 0.25) is 0 Å². The van der Waals surface area contributed by atoms with Gasteiger partial charge in [0.15, 0.2) is 0 Å². The first kappa shape index (κ1) is 18.3. The molecule has 140 valence electrons. The number of thioether (sulfide) groups is 1. The van der Waals surface area contributed by atoms with E-state index in [1.165, 1.54) is 31.0 Å². The molecule has 6 heteroatoms. The zero-order valence-electron chi connectivity index (χ0n) is 15.1. The number of ether oxygens (including phenoxy) is 1. The van der Waals surface area contributed by atoms with E-state index in [1.807, 2.05) is 41.3 Å². The number of hydrogen-bond acceptors (Lipinski definition) is 5. The topological polar surface area (TPSA) is 42.7 Å². The molecule has 0 spiro atoms. The molecule has 0 atom stereocenters. The fraction of sp³-hybridized carbons (Fsp3) is 0.333. The normalized spacial score (nSPS) is 19.9. The van der Waals surface area contributed by atoms with E-state index in [4.69, 9.17) is 21.4 Å². The van der Waals surface area contributed by atoms with Gasteiger partial charge in [-0.1, -0.05) is 43.2 Å². The van der Waals surface area contributed by atoms with Gasteiger partial charge in [0, 0.05) is 17.7 Å². The van der Waals surface area contributed by atoms with Gasteiger partial charge < -0.3 is 9.15 Å². The molecule has 2 aliphatic rings. The van der Waals surface area contributed by atoms with Crippen molar-refractivity contribution in [3.8, 4) is 17.1 Å². The van der Waals surface area contributed by atoms with Gasteiger partial charge in [0.25, 0.3) is 5.91 Å². The first-order chi connectivity index (χ1) is 13.2. The van der Waals surface area contributed by atoms with Gasteiger partial charge in [-0.25, -0.2) is 0 Å². The summed E-state index contributed by atoms with van der Waals surface area (Å²) in [6, 6.07) is 11.7. The van der Waals surface area contributed by atoms with Gasteiger partial charge in [-0.05, 0) is 49.2 Å². The zero-order chi connectivity index (χ0) is 18.8. The quantitative estimate of drug-likeness (QED) is 0.502. The second kappa shape index (κ2) is 7.90. The van der Waals surface area contributed by atoms with E-state index in [0.29, 0.717) is 15.0 Å². The molecule has 0 N–H and O–H groups in total. The predicted molar refractivity (Wildman–Crippen MR) is 113 cm³/mol. The lowest BCUT2D eigenvalue weighted by atomic mass is 9.94. The fourth-order valence-corrected chi connectivity index (χ4v) is 4.98. The van der Waals surface area contributed by atoms with E-state index in [0.717, 1.165) is 29.9 Å². The maximum atomic E-state index is 12.9. The maximum Gasteiger partial charge on any atom is 0.266 e. The van der Waals surface area contributed by atoms with Gasteiger partial charge in [-0.2, -0.15) is 0 Å². The molecule has 1 aromatic heterocycles. The number of amides is 1. The summed E-state index contributed by atoms with van der Waals surface area (Å²) >= 11 is 6.85. The molecule has 4 rings (SSSR count). The zero-order valence-corrected chi connectivity index (χ0v) is 16.8. The third-order valence-corrected chi connectivity index (χ3v) is 6.37. The molecule has 2 fully saturated rings. The van der Waals surface area contributed by atoms with Crippen LogP contribution in [-0.4, -0.2) is 28.3 Å². The Labute approximate surface area is 168 Å². The van der Waals surface area contributed by atoms with E-state index in [-0.39, 0.29) is 11.9 Å². The molecular formula is C21H21NO3S2. The Morgan fingerprint density at radius 1 is 1.15 bits per heavy atom. The summed E-state index contributed by atoms with van der Waals surface area (Å²) in [7, 11) is 1.64. The summed E-state index contributed by atoms with van der Waals surface area (Å²) in [6.45, 7) is 0. The minimum absolute atomic E-state index is 0.0132. The van der Waals surface area contributed by atoms with Crippen LogP contribution in [0.15, 0.2) is 45.7 Å². The summed E-state index contributed by atoms with van der Waals surface area (Å²) in [5, 5.41) is 0. The summed E-state index contributed by atoms with van der Waals surface area (Å²) in [6.07, 6.45) is 7.48. The highest BCUT2D eigenvalue weighted by Gasteiger charge is 2.37. The van der Waals surface area contributed by atoms with E-state index in [9.17, 15) is 4.79 Å². The first-order valence-electron chi connectivity index (χ1n) is 9.17. The Morgan fingerprint density at radius 2 is 1.89 bits per heavy atom. The second-order valence-electron chi connectivity index (χ2n) is 6.77. The van der Waals surface area contributed by atoms with Crippen molar-refractivity contribution in [1.29, 1.82) is 0 Å². The number of rotatable bonds is 4. The Morgan fingerprint density at radius 3 is 2.59 bits per heavy atom. The third kappa shape index (κ3) is 3.82. The van der Waals surface area contributed by atoms with E-state index in [1.54, 1.807) is 13.2 Å². The summed E-state index contributed by atoms with van der Waals surface area (Å²) < 4.78 is 11.8. The number of benzene rings is 1. The molecule has 2 heterocycles. The van der Waals surface area contributed by atoms with E-state index in [2.05, 4.69) is 0 Å². The number of thiocarbonyl (C=S) groups is 1. The molecule has 1 amide bonds. The van der Waals surface area contributed by atoms with Crippen LogP contribution in [0.3, 0.4) is 0 Å². The van der Waals surface area contributed by atoms with Crippen LogP contribution in [0.1, 0.15) is 37.9 Å². The largest absolute Gasteiger partial charge is 0.497 e. The molecule has 0 radical (unpaired) electrons. The molecule has 27 heavy (non-hydrogen) atoms. The smallest absolute Gasteiger partial charge is 0.266 e. The third-order valence-electron chi connectivity index (χ3n) is 5.04. The van der Waals surface area contributed by atoms with Crippen molar-refractivity contribution in [2.45, 2.75) is 38.1 Å². The second-order valence-corrected chi connectivity index (χ2v) is 8.45. The molecule has 1 saturated carbocycles. The first-order valence-corrected chi connectivity index (χ1v) is 10.4. The number of carbonyl (C=O) groups excluding carboxylic acids is 1. The maximum absolute atomic E-state index is 12.9. The Balaban J connectivity index is 1.52. The standard InChI is InChI=1S/C21H21NO3S2/c1-24-16-9-7-14(8-10-16)18-12-11-17(25-18)13-19-20(23)22(21(26)27-19)15-5-3-2-4-6-15/h7-13,15H,2-6H2,1H3/b19-13-. The van der Waals surface area contributed by atoms with Crippen molar-refractivity contribution in [1.82, 2.24) is 4.90 Å². The fourth-order valence-electron chi connectivity index (χ4n) is 3.60. The van der Waals surface area contributed by atoms with Gasteiger partial charge in [-0.3, -0.25) is 9.69 Å². The molecule has 1 aromatic carbocycles. The summed E-state index contributed by atoms with van der Waals surface area (Å²) in [5.41, 5.74) is 0.963. The molecule has 1 saturated heterocycles. The molecule has 1 aliphatic heterocycles. The van der Waals surface area contributed by atoms with E-state index < -0.39 is 0 Å². The number of carbonyl (C=O) groups is 1. The molecular weight excluding hydrogens is 378 g/mol. The average molecular weight is 400 g/mol. The van der Waals surface area contributed by atoms with Crippen molar-refractivity contribution < 1.29 is 13.9 Å². The number of methoxy groups -OCH3 is 1. The molecule has 0 bridgehead atoms.